The van der Waals surface area contributed by atoms with Crippen molar-refractivity contribution in [3.63, 3.8) is 0 Å². The summed E-state index contributed by atoms with van der Waals surface area (Å²) in [6.45, 7) is 1.47. The number of hydrogen-bond acceptors (Lipinski definition) is 9. The third-order valence-corrected chi connectivity index (χ3v) is 4.59. The van der Waals surface area contributed by atoms with Crippen molar-refractivity contribution < 1.29 is 61.2 Å². The van der Waals surface area contributed by atoms with Crippen LogP contribution in [-0.4, -0.2) is 80.8 Å². The van der Waals surface area contributed by atoms with Gasteiger partial charge in [-0.3, -0.25) is 9.59 Å². The van der Waals surface area contributed by atoms with Gasteiger partial charge in [0.1, 0.15) is 12.6 Å². The standard InChI is InChI=1S/C13H18N6O7S.Na/c1-8-5-17(16-15-8)7-10(20)4-14-12(21)11-3-2-9-6-18(11)13(22)19(9)26-27(23,24)25;/h5,9,11H,2-4,6-7H2,1H3,(H,14,21)(H,23,24,25);/q;+1/p-1/t9-,11+;/m1./s1. The first-order valence-corrected chi connectivity index (χ1v) is 9.39. The Hall–Kier alpha value is -1.58. The molecule has 2 bridgehead atoms. The quantitative estimate of drug-likeness (QED) is 0.256. The van der Waals surface area contributed by atoms with Crippen LogP contribution in [0.3, 0.4) is 0 Å². The number of hydroxylamine groups is 2. The van der Waals surface area contributed by atoms with Crippen molar-refractivity contribution in [1.29, 1.82) is 0 Å². The number of hydrogen-bond donors (Lipinski definition) is 1. The number of carbonyl (C=O) groups is 3. The van der Waals surface area contributed by atoms with Gasteiger partial charge >= 0.3 is 35.6 Å². The average molecular weight is 424 g/mol. The summed E-state index contributed by atoms with van der Waals surface area (Å²) in [5.41, 5.74) is 0.656. The van der Waals surface area contributed by atoms with Gasteiger partial charge in [-0.05, 0) is 19.8 Å². The van der Waals surface area contributed by atoms with Crippen molar-refractivity contribution in [2.45, 2.75) is 38.4 Å². The molecule has 15 heteroatoms. The number of amides is 3. The first kappa shape index (κ1) is 22.7. The van der Waals surface area contributed by atoms with Crippen molar-refractivity contribution >= 4 is 28.1 Å². The van der Waals surface area contributed by atoms with Crippen LogP contribution in [0.2, 0.25) is 0 Å². The molecule has 0 aliphatic carbocycles. The molecule has 0 unspecified atom stereocenters. The molecule has 1 N–H and O–H groups in total. The van der Waals surface area contributed by atoms with E-state index in [1.54, 1.807) is 13.1 Å². The normalized spacial score (nSPS) is 21.4. The Morgan fingerprint density at radius 1 is 1.39 bits per heavy atom. The van der Waals surface area contributed by atoms with Crippen LogP contribution >= 0.6 is 0 Å². The van der Waals surface area contributed by atoms with Crippen molar-refractivity contribution in [3.05, 3.63) is 11.9 Å². The first-order chi connectivity index (χ1) is 12.6. The van der Waals surface area contributed by atoms with Crippen LogP contribution in [0, 0.1) is 6.92 Å². The SMILES string of the molecule is Cc1cn(CC(=O)CNC(=O)[C@@H]2CC[C@@H]3CN2C(=O)N3OS(=O)(=O)[O-])nn1.[Na+]. The number of fused-ring (bicyclic) bond motifs is 2. The van der Waals surface area contributed by atoms with E-state index in [1.807, 2.05) is 0 Å². The number of nitrogens with zero attached hydrogens (tertiary/aromatic N) is 5. The second-order valence-electron chi connectivity index (χ2n) is 6.30. The van der Waals surface area contributed by atoms with Crippen LogP contribution in [0.15, 0.2) is 6.20 Å². The fraction of sp³-hybridized carbons (Fsp3) is 0.615. The Kier molecular flexibility index (Phi) is 7.17. The summed E-state index contributed by atoms with van der Waals surface area (Å²) in [6.07, 6.45) is 2.11. The molecule has 148 valence electrons. The zero-order chi connectivity index (χ0) is 19.8. The van der Waals surface area contributed by atoms with Gasteiger partial charge in [0.2, 0.25) is 16.3 Å². The molecule has 0 spiro atoms. The van der Waals surface area contributed by atoms with Crippen LogP contribution in [-0.2, 0) is 30.8 Å². The largest absolute Gasteiger partial charge is 1.00 e. The van der Waals surface area contributed by atoms with Crippen LogP contribution in [0.5, 0.6) is 0 Å². The van der Waals surface area contributed by atoms with Gasteiger partial charge < -0.3 is 14.8 Å². The van der Waals surface area contributed by atoms with E-state index in [4.69, 9.17) is 0 Å². The number of nitrogens with one attached hydrogen (secondary N) is 1. The smallest absolute Gasteiger partial charge is 0.724 e. The Labute approximate surface area is 182 Å². The second-order valence-corrected chi connectivity index (χ2v) is 7.27. The van der Waals surface area contributed by atoms with Gasteiger partial charge in [-0.2, -0.15) is 9.35 Å². The van der Waals surface area contributed by atoms with Gasteiger partial charge in [-0.15, -0.1) is 5.10 Å². The van der Waals surface area contributed by atoms with E-state index in [0.29, 0.717) is 10.8 Å². The number of urea groups is 1. The summed E-state index contributed by atoms with van der Waals surface area (Å²) < 4.78 is 37.8. The molecule has 13 nitrogen and oxygen atoms in total. The van der Waals surface area contributed by atoms with E-state index in [9.17, 15) is 27.4 Å². The van der Waals surface area contributed by atoms with Crippen molar-refractivity contribution in [2.75, 3.05) is 13.1 Å². The van der Waals surface area contributed by atoms with E-state index in [2.05, 4.69) is 19.9 Å². The third-order valence-electron chi connectivity index (χ3n) is 4.25. The zero-order valence-electron chi connectivity index (χ0n) is 15.3. The Morgan fingerprint density at radius 2 is 2.11 bits per heavy atom. The number of carbonyl (C=O) groups excluding carboxylic acids is 3. The molecule has 1 aromatic rings. The number of Topliss-reactive ketones (excluding diaryl/α,β-unsaturated/α-hetero) is 1. The van der Waals surface area contributed by atoms with Crippen LogP contribution in [0.25, 0.3) is 0 Å². The van der Waals surface area contributed by atoms with Gasteiger partial charge in [-0.25, -0.2) is 17.9 Å². The summed E-state index contributed by atoms with van der Waals surface area (Å²) in [6, 6.07) is -2.37. The maximum atomic E-state index is 12.4. The summed E-state index contributed by atoms with van der Waals surface area (Å²) in [5.74, 6) is -0.853. The number of rotatable bonds is 7. The topological polar surface area (TPSA) is 167 Å². The van der Waals surface area contributed by atoms with Gasteiger partial charge in [0, 0.05) is 12.7 Å². The second kappa shape index (κ2) is 8.84. The molecule has 2 atom stereocenters. The minimum absolute atomic E-state index is 0. The van der Waals surface area contributed by atoms with E-state index in [0.717, 1.165) is 4.90 Å². The monoisotopic (exact) mass is 424 g/mol. The van der Waals surface area contributed by atoms with Crippen LogP contribution in [0.4, 0.5) is 4.79 Å². The molecule has 1 aromatic heterocycles. The molecule has 0 saturated carbocycles. The fourth-order valence-corrected chi connectivity index (χ4v) is 3.50. The van der Waals surface area contributed by atoms with Crippen LogP contribution < -0.4 is 34.9 Å². The van der Waals surface area contributed by atoms with Gasteiger partial charge in [0.15, 0.2) is 5.78 Å². The zero-order valence-corrected chi connectivity index (χ0v) is 18.1. The Morgan fingerprint density at radius 3 is 2.71 bits per heavy atom. The van der Waals surface area contributed by atoms with Crippen molar-refractivity contribution in [1.82, 2.24) is 30.3 Å². The maximum absolute atomic E-state index is 12.4. The number of aromatic nitrogens is 3. The number of ketones is 1. The van der Waals surface area contributed by atoms with Gasteiger partial charge in [-0.1, -0.05) is 5.21 Å². The van der Waals surface area contributed by atoms with Gasteiger partial charge in [0.25, 0.3) is 0 Å². The molecule has 2 saturated heterocycles. The maximum Gasteiger partial charge on any atom is 1.00 e. The molecular weight excluding hydrogens is 407 g/mol. The molecule has 28 heavy (non-hydrogen) atoms. The predicted octanol–water partition coefficient (Wildman–Crippen LogP) is -5.06. The first-order valence-electron chi connectivity index (χ1n) is 8.05. The molecule has 0 radical (unpaired) electrons. The summed E-state index contributed by atoms with van der Waals surface area (Å²) in [4.78, 5) is 37.6. The molecule has 2 fully saturated rings. The fourth-order valence-electron chi connectivity index (χ4n) is 3.11. The minimum Gasteiger partial charge on any atom is -0.724 e. The van der Waals surface area contributed by atoms with E-state index < -0.39 is 34.4 Å². The Bertz CT molecular complexity index is 874. The van der Waals surface area contributed by atoms with Crippen molar-refractivity contribution in [2.24, 2.45) is 0 Å². The third kappa shape index (κ3) is 5.27. The molecule has 0 aromatic carbocycles. The summed E-state index contributed by atoms with van der Waals surface area (Å²) >= 11 is 0. The molecular formula is C13H17N6NaO7S. The molecule has 3 amide bonds. The van der Waals surface area contributed by atoms with E-state index in [1.165, 1.54) is 4.68 Å². The number of piperidine rings is 1. The van der Waals surface area contributed by atoms with E-state index >= 15 is 0 Å². The summed E-state index contributed by atoms with van der Waals surface area (Å²) in [7, 11) is -5.10. The van der Waals surface area contributed by atoms with E-state index in [-0.39, 0.29) is 67.8 Å². The summed E-state index contributed by atoms with van der Waals surface area (Å²) in [5, 5.41) is 10.4. The minimum atomic E-state index is -5.10. The number of aryl methyl sites for hydroxylation is 1. The van der Waals surface area contributed by atoms with Crippen LogP contribution in [0.1, 0.15) is 18.5 Å². The Balaban J connectivity index is 0.00000280. The molecule has 3 heterocycles. The average Bonchev–Trinajstić information content (AvgIpc) is 3.09. The van der Waals surface area contributed by atoms with Crippen molar-refractivity contribution in [3.8, 4) is 0 Å². The van der Waals surface area contributed by atoms with Gasteiger partial charge in [0.05, 0.1) is 18.3 Å². The predicted molar refractivity (Wildman–Crippen MR) is 84.3 cm³/mol. The molecule has 3 rings (SSSR count). The molecule has 2 aliphatic heterocycles. The molecule has 2 aliphatic rings.